The van der Waals surface area contributed by atoms with Crippen molar-refractivity contribution in [3.63, 3.8) is 0 Å². The third kappa shape index (κ3) is 4.27. The minimum atomic E-state index is -3.66. The van der Waals surface area contributed by atoms with Gasteiger partial charge in [-0.15, -0.1) is 0 Å². The number of hydrogen-bond donors (Lipinski definition) is 0. The molecule has 1 rings (SSSR count). The van der Waals surface area contributed by atoms with Gasteiger partial charge in [-0.2, -0.15) is 8.42 Å². The van der Waals surface area contributed by atoms with Gasteiger partial charge in [0.15, 0.2) is 0 Å². The van der Waals surface area contributed by atoms with Crippen LogP contribution in [0.4, 0.5) is 0 Å². The molecule has 0 spiro atoms. The van der Waals surface area contributed by atoms with Crippen molar-refractivity contribution in [2.24, 2.45) is 0 Å². The van der Waals surface area contributed by atoms with Gasteiger partial charge < -0.3 is 0 Å². The summed E-state index contributed by atoms with van der Waals surface area (Å²) in [5.74, 6) is 0. The van der Waals surface area contributed by atoms with Crippen molar-refractivity contribution in [2.75, 3.05) is 6.61 Å². The SMILES string of the molecule is C=Cc1ccccc1S(=O)(=O)OCCCCCC. The van der Waals surface area contributed by atoms with Crippen molar-refractivity contribution in [1.29, 1.82) is 0 Å². The van der Waals surface area contributed by atoms with E-state index in [0.717, 1.165) is 25.7 Å². The molecule has 18 heavy (non-hydrogen) atoms. The quantitative estimate of drug-likeness (QED) is 0.534. The second kappa shape index (κ2) is 7.34. The molecule has 0 heterocycles. The highest BCUT2D eigenvalue weighted by Crippen LogP contribution is 2.19. The summed E-state index contributed by atoms with van der Waals surface area (Å²) in [5.41, 5.74) is 0.575. The highest BCUT2D eigenvalue weighted by Gasteiger charge is 2.17. The van der Waals surface area contributed by atoms with E-state index in [-0.39, 0.29) is 11.5 Å². The zero-order chi connectivity index (χ0) is 13.4. The van der Waals surface area contributed by atoms with E-state index in [4.69, 9.17) is 4.18 Å². The van der Waals surface area contributed by atoms with Gasteiger partial charge in [-0.25, -0.2) is 0 Å². The first-order valence-corrected chi connectivity index (χ1v) is 7.63. The van der Waals surface area contributed by atoms with E-state index < -0.39 is 10.1 Å². The summed E-state index contributed by atoms with van der Waals surface area (Å²) in [4.78, 5) is 0.190. The molecule has 0 aliphatic heterocycles. The van der Waals surface area contributed by atoms with Crippen LogP contribution in [0.2, 0.25) is 0 Å². The van der Waals surface area contributed by atoms with Crippen LogP contribution in [0.15, 0.2) is 35.7 Å². The number of unbranched alkanes of at least 4 members (excludes halogenated alkanes) is 3. The molecule has 1 aromatic rings. The summed E-state index contributed by atoms with van der Waals surface area (Å²) >= 11 is 0. The molecule has 3 nitrogen and oxygen atoms in total. The first-order chi connectivity index (χ1) is 8.61. The Morgan fingerprint density at radius 2 is 1.94 bits per heavy atom. The number of rotatable bonds is 8. The molecule has 0 aliphatic rings. The Kier molecular flexibility index (Phi) is 6.09. The Hall–Kier alpha value is -1.13. The molecule has 0 atom stereocenters. The second-order valence-corrected chi connectivity index (χ2v) is 5.66. The average Bonchev–Trinajstić information content (AvgIpc) is 2.38. The standard InChI is InChI=1S/C14H20O3S/c1-3-5-6-9-12-17-18(15,16)14-11-8-7-10-13(14)4-2/h4,7-8,10-11H,2-3,5-6,9,12H2,1H3. The first-order valence-electron chi connectivity index (χ1n) is 6.22. The minimum Gasteiger partial charge on any atom is -0.266 e. The summed E-state index contributed by atoms with van der Waals surface area (Å²) in [6.45, 7) is 5.96. The number of benzene rings is 1. The highest BCUT2D eigenvalue weighted by atomic mass is 32.2. The van der Waals surface area contributed by atoms with Gasteiger partial charge in [0.05, 0.1) is 6.61 Å². The molecule has 0 aliphatic carbocycles. The van der Waals surface area contributed by atoms with Crippen molar-refractivity contribution < 1.29 is 12.6 Å². The second-order valence-electron chi connectivity index (χ2n) is 4.08. The van der Waals surface area contributed by atoms with Crippen LogP contribution in [-0.2, 0) is 14.3 Å². The zero-order valence-electron chi connectivity index (χ0n) is 10.8. The van der Waals surface area contributed by atoms with Crippen molar-refractivity contribution >= 4 is 16.2 Å². The van der Waals surface area contributed by atoms with Gasteiger partial charge in [0, 0.05) is 0 Å². The van der Waals surface area contributed by atoms with Crippen LogP contribution in [0.3, 0.4) is 0 Å². The monoisotopic (exact) mass is 268 g/mol. The van der Waals surface area contributed by atoms with Gasteiger partial charge in [0.1, 0.15) is 4.90 Å². The van der Waals surface area contributed by atoms with Gasteiger partial charge in [-0.1, -0.05) is 57.0 Å². The van der Waals surface area contributed by atoms with Crippen LogP contribution < -0.4 is 0 Å². The Bertz CT molecular complexity index is 478. The Labute approximate surface area is 110 Å². The van der Waals surface area contributed by atoms with Crippen molar-refractivity contribution in [3.8, 4) is 0 Å². The van der Waals surface area contributed by atoms with Crippen LogP contribution in [0.5, 0.6) is 0 Å². The maximum absolute atomic E-state index is 12.0. The lowest BCUT2D eigenvalue weighted by Gasteiger charge is -2.08. The molecule has 0 bridgehead atoms. The van der Waals surface area contributed by atoms with Crippen LogP contribution >= 0.6 is 0 Å². The van der Waals surface area contributed by atoms with Gasteiger partial charge in [-0.05, 0) is 18.1 Å². The van der Waals surface area contributed by atoms with Gasteiger partial charge in [-0.3, -0.25) is 4.18 Å². The van der Waals surface area contributed by atoms with Crippen molar-refractivity contribution in [3.05, 3.63) is 36.4 Å². The molecule has 0 unspecified atom stereocenters. The van der Waals surface area contributed by atoms with Crippen molar-refractivity contribution in [2.45, 2.75) is 37.5 Å². The summed E-state index contributed by atoms with van der Waals surface area (Å²) in [5, 5.41) is 0. The Morgan fingerprint density at radius 1 is 1.22 bits per heavy atom. The summed E-state index contributed by atoms with van der Waals surface area (Å²) in [6, 6.07) is 6.70. The van der Waals surface area contributed by atoms with E-state index >= 15 is 0 Å². The van der Waals surface area contributed by atoms with Crippen LogP contribution in [-0.4, -0.2) is 15.0 Å². The predicted molar refractivity (Wildman–Crippen MR) is 73.8 cm³/mol. The third-order valence-corrected chi connectivity index (χ3v) is 4.03. The van der Waals surface area contributed by atoms with E-state index in [9.17, 15) is 8.42 Å². The van der Waals surface area contributed by atoms with Crippen LogP contribution in [0, 0.1) is 0 Å². The average molecular weight is 268 g/mol. The van der Waals surface area contributed by atoms with E-state index in [1.54, 1.807) is 24.3 Å². The molecule has 0 saturated heterocycles. The molecular weight excluding hydrogens is 248 g/mol. The molecule has 4 heteroatoms. The van der Waals surface area contributed by atoms with E-state index in [1.807, 2.05) is 0 Å². The van der Waals surface area contributed by atoms with Gasteiger partial charge in [0.25, 0.3) is 10.1 Å². The molecule has 0 amide bonds. The van der Waals surface area contributed by atoms with E-state index in [0.29, 0.717) is 5.56 Å². The molecule has 0 N–H and O–H groups in total. The van der Waals surface area contributed by atoms with Crippen LogP contribution in [0.25, 0.3) is 6.08 Å². The lowest BCUT2D eigenvalue weighted by Crippen LogP contribution is -2.09. The number of hydrogen-bond acceptors (Lipinski definition) is 3. The van der Waals surface area contributed by atoms with Crippen molar-refractivity contribution in [1.82, 2.24) is 0 Å². The maximum atomic E-state index is 12.0. The molecule has 0 radical (unpaired) electrons. The van der Waals surface area contributed by atoms with E-state index in [2.05, 4.69) is 13.5 Å². The molecule has 0 aromatic heterocycles. The topological polar surface area (TPSA) is 43.4 Å². The lowest BCUT2D eigenvalue weighted by atomic mass is 10.2. The Morgan fingerprint density at radius 3 is 2.61 bits per heavy atom. The smallest absolute Gasteiger partial charge is 0.266 e. The zero-order valence-corrected chi connectivity index (χ0v) is 11.6. The normalized spacial score (nSPS) is 11.4. The largest absolute Gasteiger partial charge is 0.297 e. The molecule has 1 aromatic carbocycles. The molecule has 100 valence electrons. The van der Waals surface area contributed by atoms with Gasteiger partial charge >= 0.3 is 0 Å². The lowest BCUT2D eigenvalue weighted by molar-refractivity contribution is 0.307. The fourth-order valence-corrected chi connectivity index (χ4v) is 2.79. The fourth-order valence-electron chi connectivity index (χ4n) is 1.64. The fraction of sp³-hybridized carbons (Fsp3) is 0.429. The van der Waals surface area contributed by atoms with Gasteiger partial charge in [0.2, 0.25) is 0 Å². The maximum Gasteiger partial charge on any atom is 0.297 e. The summed E-state index contributed by atoms with van der Waals surface area (Å²) < 4.78 is 29.0. The third-order valence-electron chi connectivity index (χ3n) is 2.64. The summed E-state index contributed by atoms with van der Waals surface area (Å²) in [7, 11) is -3.66. The van der Waals surface area contributed by atoms with Crippen LogP contribution in [0.1, 0.15) is 38.2 Å². The minimum absolute atomic E-state index is 0.190. The highest BCUT2D eigenvalue weighted by molar-refractivity contribution is 7.86. The first kappa shape index (κ1) is 14.9. The predicted octanol–water partition coefficient (Wildman–Crippen LogP) is 3.62. The summed E-state index contributed by atoms with van der Waals surface area (Å²) in [6.07, 6.45) is 5.50. The Balaban J connectivity index is 2.66. The molecular formula is C14H20O3S. The molecule has 0 saturated carbocycles. The van der Waals surface area contributed by atoms with E-state index in [1.165, 1.54) is 6.08 Å². The molecule has 0 fully saturated rings.